The van der Waals surface area contributed by atoms with E-state index < -0.39 is 21.8 Å². The van der Waals surface area contributed by atoms with Gasteiger partial charge in [0.15, 0.2) is 0 Å². The number of halogens is 3. The fourth-order valence-electron chi connectivity index (χ4n) is 2.82. The summed E-state index contributed by atoms with van der Waals surface area (Å²) in [7, 11) is -3.96. The van der Waals surface area contributed by atoms with Crippen molar-refractivity contribution in [2.45, 2.75) is 11.1 Å². The van der Waals surface area contributed by atoms with Crippen LogP contribution in [0.1, 0.15) is 15.9 Å². The molecule has 0 aliphatic carbocycles. The molecule has 28 heavy (non-hydrogen) atoms. The number of nitrogens with one attached hydrogen (secondary N) is 1. The van der Waals surface area contributed by atoms with Gasteiger partial charge in [0, 0.05) is 38.4 Å². The number of hydrogen-bond acceptors (Lipinski definition) is 4. The Morgan fingerprint density at radius 1 is 0.964 bits per heavy atom. The highest BCUT2D eigenvalue weighted by Crippen LogP contribution is 2.30. The summed E-state index contributed by atoms with van der Waals surface area (Å²) < 4.78 is 64.3. The third-order valence-electron chi connectivity index (χ3n) is 4.38. The third-order valence-corrected chi connectivity index (χ3v) is 6.29. The molecule has 0 atom stereocenters. The van der Waals surface area contributed by atoms with Crippen molar-refractivity contribution in [1.82, 2.24) is 14.2 Å². The average Bonchev–Trinajstić information content (AvgIpc) is 2.67. The Bertz CT molecular complexity index is 1000. The maximum atomic E-state index is 12.6. The Labute approximate surface area is 158 Å². The topological polar surface area (TPSA) is 90.6 Å². The number of piperazine rings is 1. The molecular weight excluding hydrogens is 399 g/mol. The van der Waals surface area contributed by atoms with Crippen molar-refractivity contribution in [3.63, 3.8) is 0 Å². The number of amides is 1. The molecule has 0 bridgehead atoms. The van der Waals surface area contributed by atoms with E-state index in [2.05, 4.69) is 4.98 Å². The van der Waals surface area contributed by atoms with Gasteiger partial charge < -0.3 is 9.88 Å². The monoisotopic (exact) mass is 415 g/mol. The summed E-state index contributed by atoms with van der Waals surface area (Å²) in [4.78, 5) is 27.1. The Kier molecular flexibility index (Phi) is 5.31. The minimum absolute atomic E-state index is 0.0124. The lowest BCUT2D eigenvalue weighted by atomic mass is 10.2. The van der Waals surface area contributed by atoms with Crippen LogP contribution in [0, 0.1) is 0 Å². The van der Waals surface area contributed by atoms with Gasteiger partial charge in [0.2, 0.25) is 15.6 Å². The molecule has 150 valence electrons. The molecule has 2 heterocycles. The summed E-state index contributed by atoms with van der Waals surface area (Å²) in [6.45, 7) is 0.270. The van der Waals surface area contributed by atoms with Crippen molar-refractivity contribution in [3.05, 3.63) is 64.1 Å². The van der Waals surface area contributed by atoms with Crippen molar-refractivity contribution >= 4 is 15.9 Å². The standard InChI is InChI=1S/C17H16F3N3O4S/c18-17(19,20)13-2-4-14(5-3-13)28(26,27)23-9-7-22(8-10-23)16(25)12-1-6-15(24)21-11-12/h1-6,11H,7-10H2,(H,21,24). The molecule has 1 aromatic heterocycles. The minimum Gasteiger partial charge on any atom is -0.336 e. The normalized spacial score (nSPS) is 16.2. The number of rotatable bonds is 3. The van der Waals surface area contributed by atoms with Gasteiger partial charge in [-0.3, -0.25) is 9.59 Å². The van der Waals surface area contributed by atoms with Crippen LogP contribution in [-0.4, -0.2) is 54.7 Å². The second kappa shape index (κ2) is 7.40. The predicted molar refractivity (Wildman–Crippen MR) is 93.2 cm³/mol. The molecule has 1 saturated heterocycles. The van der Waals surface area contributed by atoms with Crippen LogP contribution in [0.3, 0.4) is 0 Å². The van der Waals surface area contributed by atoms with Crippen LogP contribution in [-0.2, 0) is 16.2 Å². The van der Waals surface area contributed by atoms with Crippen LogP contribution in [0.2, 0.25) is 0 Å². The molecule has 0 spiro atoms. The number of alkyl halides is 3. The number of aromatic amines is 1. The Balaban J connectivity index is 1.69. The van der Waals surface area contributed by atoms with Crippen molar-refractivity contribution < 1.29 is 26.4 Å². The first-order valence-corrected chi connectivity index (χ1v) is 9.68. The minimum atomic E-state index is -4.55. The molecule has 0 saturated carbocycles. The van der Waals surface area contributed by atoms with Crippen molar-refractivity contribution in [2.75, 3.05) is 26.2 Å². The fourth-order valence-corrected chi connectivity index (χ4v) is 4.24. The van der Waals surface area contributed by atoms with Crippen LogP contribution in [0.25, 0.3) is 0 Å². The number of nitrogens with zero attached hydrogens (tertiary/aromatic N) is 2. The molecule has 11 heteroatoms. The van der Waals surface area contributed by atoms with E-state index in [1.165, 1.54) is 23.2 Å². The summed E-state index contributed by atoms with van der Waals surface area (Å²) in [5.74, 6) is -0.345. The van der Waals surface area contributed by atoms with Gasteiger partial charge in [-0.2, -0.15) is 17.5 Å². The zero-order valence-corrected chi connectivity index (χ0v) is 15.3. The van der Waals surface area contributed by atoms with Crippen molar-refractivity contribution in [1.29, 1.82) is 0 Å². The van der Waals surface area contributed by atoms with Crippen LogP contribution in [0.15, 0.2) is 52.3 Å². The molecule has 1 aromatic carbocycles. The Hall–Kier alpha value is -2.66. The number of hydrogen-bond donors (Lipinski definition) is 1. The van der Waals surface area contributed by atoms with Crippen molar-refractivity contribution in [2.24, 2.45) is 0 Å². The Morgan fingerprint density at radius 3 is 2.07 bits per heavy atom. The summed E-state index contributed by atoms with van der Waals surface area (Å²) >= 11 is 0. The summed E-state index contributed by atoms with van der Waals surface area (Å²) in [5, 5.41) is 0. The summed E-state index contributed by atoms with van der Waals surface area (Å²) in [6, 6.07) is 5.91. The van der Waals surface area contributed by atoms with Gasteiger partial charge in [-0.05, 0) is 30.3 Å². The van der Waals surface area contributed by atoms with E-state index in [0.29, 0.717) is 0 Å². The van der Waals surface area contributed by atoms with E-state index in [4.69, 9.17) is 0 Å². The second-order valence-electron chi connectivity index (χ2n) is 6.16. The van der Waals surface area contributed by atoms with E-state index >= 15 is 0 Å². The number of H-pyrrole nitrogens is 1. The smallest absolute Gasteiger partial charge is 0.336 e. The van der Waals surface area contributed by atoms with E-state index in [-0.39, 0.29) is 48.1 Å². The molecule has 7 nitrogen and oxygen atoms in total. The summed E-state index contributed by atoms with van der Waals surface area (Å²) in [6.07, 6.45) is -3.26. The largest absolute Gasteiger partial charge is 0.416 e. The Morgan fingerprint density at radius 2 is 1.57 bits per heavy atom. The predicted octanol–water partition coefficient (Wildman–Crippen LogP) is 1.54. The number of sulfonamides is 1. The SMILES string of the molecule is O=C(c1ccc(=O)[nH]c1)N1CCN(S(=O)(=O)c2ccc(C(F)(F)F)cc2)CC1. The van der Waals surface area contributed by atoms with Gasteiger partial charge in [0.1, 0.15) is 0 Å². The lowest BCUT2D eigenvalue weighted by Crippen LogP contribution is -2.50. The van der Waals surface area contributed by atoms with Crippen molar-refractivity contribution in [3.8, 4) is 0 Å². The fraction of sp³-hybridized carbons (Fsp3) is 0.294. The van der Waals surface area contributed by atoms with E-state index in [0.717, 1.165) is 28.6 Å². The van der Waals surface area contributed by atoms with Gasteiger partial charge in [0.25, 0.3) is 5.91 Å². The number of pyridine rings is 1. The zero-order valence-electron chi connectivity index (χ0n) is 14.4. The first-order chi connectivity index (χ1) is 13.1. The van der Waals surface area contributed by atoms with Crippen LogP contribution in [0.5, 0.6) is 0 Å². The first-order valence-electron chi connectivity index (χ1n) is 8.24. The second-order valence-corrected chi connectivity index (χ2v) is 8.10. The summed E-state index contributed by atoms with van der Waals surface area (Å²) in [5.41, 5.74) is -0.995. The van der Waals surface area contributed by atoms with Crippen LogP contribution in [0.4, 0.5) is 13.2 Å². The van der Waals surface area contributed by atoms with Gasteiger partial charge in [-0.25, -0.2) is 8.42 Å². The first kappa shape index (κ1) is 20.1. The molecule has 1 aliphatic rings. The van der Waals surface area contributed by atoms with Gasteiger partial charge in [-0.15, -0.1) is 0 Å². The third kappa shape index (κ3) is 4.09. The van der Waals surface area contributed by atoms with E-state index in [1.807, 2.05) is 0 Å². The molecule has 3 rings (SSSR count). The molecular formula is C17H16F3N3O4S. The van der Waals surface area contributed by atoms with Gasteiger partial charge >= 0.3 is 6.18 Å². The van der Waals surface area contributed by atoms with E-state index in [1.54, 1.807) is 0 Å². The number of benzene rings is 1. The molecule has 2 aromatic rings. The van der Waals surface area contributed by atoms with E-state index in [9.17, 15) is 31.2 Å². The number of carbonyl (C=O) groups excluding carboxylic acids is 1. The lowest BCUT2D eigenvalue weighted by molar-refractivity contribution is -0.137. The van der Waals surface area contributed by atoms with Crippen LogP contribution < -0.4 is 5.56 Å². The molecule has 1 N–H and O–H groups in total. The maximum absolute atomic E-state index is 12.6. The highest BCUT2D eigenvalue weighted by molar-refractivity contribution is 7.89. The average molecular weight is 415 g/mol. The lowest BCUT2D eigenvalue weighted by Gasteiger charge is -2.34. The highest BCUT2D eigenvalue weighted by Gasteiger charge is 2.33. The molecule has 1 aliphatic heterocycles. The van der Waals surface area contributed by atoms with Gasteiger partial charge in [0.05, 0.1) is 16.0 Å². The number of aromatic nitrogens is 1. The molecule has 0 radical (unpaired) electrons. The van der Waals surface area contributed by atoms with Gasteiger partial charge in [-0.1, -0.05) is 0 Å². The zero-order chi connectivity index (χ0) is 20.5. The molecule has 1 fully saturated rings. The number of carbonyl (C=O) groups is 1. The molecule has 1 amide bonds. The maximum Gasteiger partial charge on any atom is 0.416 e. The van der Waals surface area contributed by atoms with Crippen LogP contribution >= 0.6 is 0 Å². The molecule has 0 unspecified atom stereocenters. The highest BCUT2D eigenvalue weighted by atomic mass is 32.2. The quantitative estimate of drug-likeness (QED) is 0.824.